The molecule has 0 N–H and O–H groups in total. The summed E-state index contributed by atoms with van der Waals surface area (Å²) in [6.45, 7) is 3.49. The quantitative estimate of drug-likeness (QED) is 0.742. The SMILES string of the molecule is CCCSC(=O)OCc1oc(=O)oc1C. The van der Waals surface area contributed by atoms with Crippen LogP contribution in [-0.2, 0) is 11.3 Å². The summed E-state index contributed by atoms with van der Waals surface area (Å²) >= 11 is 1.10. The van der Waals surface area contributed by atoms with Crippen LogP contribution in [0.3, 0.4) is 0 Å². The zero-order chi connectivity index (χ0) is 11.3. The predicted octanol–water partition coefficient (Wildman–Crippen LogP) is 2.32. The van der Waals surface area contributed by atoms with Crippen molar-refractivity contribution < 1.29 is 18.4 Å². The minimum atomic E-state index is -0.778. The summed E-state index contributed by atoms with van der Waals surface area (Å²) in [5.41, 5.74) is 0. The molecule has 5 nitrogen and oxygen atoms in total. The first kappa shape index (κ1) is 11.9. The molecule has 0 amide bonds. The lowest BCUT2D eigenvalue weighted by Gasteiger charge is -2.00. The van der Waals surface area contributed by atoms with Gasteiger partial charge in [0, 0.05) is 5.75 Å². The number of rotatable bonds is 4. The van der Waals surface area contributed by atoms with Gasteiger partial charge in [0.05, 0.1) is 0 Å². The average Bonchev–Trinajstić information content (AvgIpc) is 2.51. The lowest BCUT2D eigenvalue weighted by atomic mass is 10.4. The van der Waals surface area contributed by atoms with Crippen molar-refractivity contribution in [2.24, 2.45) is 0 Å². The van der Waals surface area contributed by atoms with Crippen molar-refractivity contribution in [3.05, 3.63) is 22.1 Å². The largest absolute Gasteiger partial charge is 0.519 e. The smallest absolute Gasteiger partial charge is 0.449 e. The predicted molar refractivity (Wildman–Crippen MR) is 54.9 cm³/mol. The molecule has 0 radical (unpaired) electrons. The van der Waals surface area contributed by atoms with Crippen LogP contribution in [0.2, 0.25) is 0 Å². The molecule has 0 atom stereocenters. The maximum absolute atomic E-state index is 11.1. The van der Waals surface area contributed by atoms with Crippen LogP contribution in [0.25, 0.3) is 0 Å². The van der Waals surface area contributed by atoms with Crippen LogP contribution in [-0.4, -0.2) is 11.1 Å². The molecule has 0 unspecified atom stereocenters. The molecule has 1 aromatic heterocycles. The highest BCUT2D eigenvalue weighted by molar-refractivity contribution is 8.13. The number of ether oxygens (including phenoxy) is 1. The molecular formula is C9H12O5S. The Hall–Kier alpha value is -1.17. The molecule has 0 spiro atoms. The lowest BCUT2D eigenvalue weighted by Crippen LogP contribution is -1.99. The van der Waals surface area contributed by atoms with Crippen LogP contribution in [0.4, 0.5) is 4.79 Å². The van der Waals surface area contributed by atoms with Gasteiger partial charge in [0.2, 0.25) is 0 Å². The Bertz CT molecular complexity index is 378. The average molecular weight is 232 g/mol. The number of hydrogen-bond donors (Lipinski definition) is 0. The Kier molecular flexibility index (Phi) is 4.48. The summed E-state index contributed by atoms with van der Waals surface area (Å²) in [6, 6.07) is 0. The minimum Gasteiger partial charge on any atom is -0.449 e. The molecule has 1 rings (SSSR count). The van der Waals surface area contributed by atoms with Crippen molar-refractivity contribution in [1.82, 2.24) is 0 Å². The molecule has 0 saturated heterocycles. The van der Waals surface area contributed by atoms with E-state index in [1.54, 1.807) is 6.92 Å². The number of hydrogen-bond acceptors (Lipinski definition) is 6. The molecule has 0 aliphatic carbocycles. The molecule has 84 valence electrons. The third-order valence-corrected chi connectivity index (χ3v) is 2.55. The molecule has 0 bridgehead atoms. The van der Waals surface area contributed by atoms with Gasteiger partial charge in [-0.25, -0.2) is 9.59 Å². The van der Waals surface area contributed by atoms with Crippen molar-refractivity contribution in [2.75, 3.05) is 5.75 Å². The van der Waals surface area contributed by atoms with Crippen LogP contribution in [0.15, 0.2) is 13.6 Å². The summed E-state index contributed by atoms with van der Waals surface area (Å²) in [7, 11) is 0. The molecule has 0 fully saturated rings. The number of carbonyl (C=O) groups excluding carboxylic acids is 1. The van der Waals surface area contributed by atoms with E-state index < -0.39 is 5.82 Å². The second kappa shape index (κ2) is 5.65. The molecule has 0 aromatic carbocycles. The number of thioether (sulfide) groups is 1. The van der Waals surface area contributed by atoms with E-state index >= 15 is 0 Å². The van der Waals surface area contributed by atoms with Crippen LogP contribution in [0.5, 0.6) is 0 Å². The van der Waals surface area contributed by atoms with Gasteiger partial charge in [0.25, 0.3) is 0 Å². The number of carbonyl (C=O) groups is 1. The normalized spacial score (nSPS) is 10.3. The van der Waals surface area contributed by atoms with Gasteiger partial charge in [-0.15, -0.1) is 0 Å². The van der Waals surface area contributed by atoms with Gasteiger partial charge < -0.3 is 13.6 Å². The Labute approximate surface area is 90.8 Å². The van der Waals surface area contributed by atoms with E-state index in [1.807, 2.05) is 6.92 Å². The Morgan fingerprint density at radius 3 is 2.73 bits per heavy atom. The lowest BCUT2D eigenvalue weighted by molar-refractivity contribution is 0.158. The molecule has 1 heterocycles. The Balaban J connectivity index is 2.40. The summed E-state index contributed by atoms with van der Waals surface area (Å²) in [5, 5.41) is -0.375. The number of aryl methyl sites for hydroxylation is 1. The van der Waals surface area contributed by atoms with Gasteiger partial charge >= 0.3 is 11.1 Å². The highest BCUT2D eigenvalue weighted by Gasteiger charge is 2.11. The van der Waals surface area contributed by atoms with E-state index in [-0.39, 0.29) is 17.7 Å². The zero-order valence-corrected chi connectivity index (χ0v) is 9.39. The van der Waals surface area contributed by atoms with Gasteiger partial charge in [0.1, 0.15) is 0 Å². The molecule has 15 heavy (non-hydrogen) atoms. The highest BCUT2D eigenvalue weighted by atomic mass is 32.2. The standard InChI is InChI=1S/C9H12O5S/c1-3-4-15-9(11)12-5-7-6(2)13-8(10)14-7/h3-5H2,1-2H3. The van der Waals surface area contributed by atoms with Crippen LogP contribution < -0.4 is 5.82 Å². The summed E-state index contributed by atoms with van der Waals surface area (Å²) < 4.78 is 14.1. The zero-order valence-electron chi connectivity index (χ0n) is 8.57. The van der Waals surface area contributed by atoms with E-state index in [0.29, 0.717) is 11.5 Å². The molecule has 6 heteroatoms. The van der Waals surface area contributed by atoms with Crippen LogP contribution in [0, 0.1) is 6.92 Å². The van der Waals surface area contributed by atoms with E-state index in [4.69, 9.17) is 4.74 Å². The van der Waals surface area contributed by atoms with Gasteiger partial charge in [-0.3, -0.25) is 0 Å². The fourth-order valence-electron chi connectivity index (χ4n) is 0.858. The van der Waals surface area contributed by atoms with E-state index in [9.17, 15) is 9.59 Å². The monoisotopic (exact) mass is 232 g/mol. The van der Waals surface area contributed by atoms with Gasteiger partial charge in [0.15, 0.2) is 18.1 Å². The maximum Gasteiger partial charge on any atom is 0.519 e. The van der Waals surface area contributed by atoms with Crippen molar-refractivity contribution in [1.29, 1.82) is 0 Å². The molecular weight excluding hydrogens is 220 g/mol. The Morgan fingerprint density at radius 2 is 2.20 bits per heavy atom. The van der Waals surface area contributed by atoms with Crippen molar-refractivity contribution >= 4 is 17.1 Å². The highest BCUT2D eigenvalue weighted by Crippen LogP contribution is 2.11. The van der Waals surface area contributed by atoms with Gasteiger partial charge in [-0.2, -0.15) is 0 Å². The molecule has 0 aliphatic heterocycles. The van der Waals surface area contributed by atoms with E-state index in [1.165, 1.54) is 0 Å². The topological polar surface area (TPSA) is 69.7 Å². The van der Waals surface area contributed by atoms with E-state index in [0.717, 1.165) is 18.2 Å². The fraction of sp³-hybridized carbons (Fsp3) is 0.556. The third kappa shape index (κ3) is 3.83. The molecule has 1 aromatic rings. The minimum absolute atomic E-state index is 0.0624. The Morgan fingerprint density at radius 1 is 1.47 bits per heavy atom. The van der Waals surface area contributed by atoms with Gasteiger partial charge in [-0.05, 0) is 25.1 Å². The summed E-state index contributed by atoms with van der Waals surface area (Å²) in [5.74, 6) is 0.533. The van der Waals surface area contributed by atoms with Gasteiger partial charge in [-0.1, -0.05) is 6.92 Å². The first-order valence-corrected chi connectivity index (χ1v) is 5.51. The second-order valence-electron chi connectivity index (χ2n) is 2.82. The first-order chi connectivity index (χ1) is 7.13. The molecule has 0 aliphatic rings. The summed E-state index contributed by atoms with van der Waals surface area (Å²) in [6.07, 6.45) is 0.902. The van der Waals surface area contributed by atoms with E-state index in [2.05, 4.69) is 8.83 Å². The third-order valence-electron chi connectivity index (χ3n) is 1.58. The first-order valence-electron chi connectivity index (χ1n) is 4.52. The molecule has 0 saturated carbocycles. The van der Waals surface area contributed by atoms with Crippen LogP contribution in [0.1, 0.15) is 24.9 Å². The summed E-state index contributed by atoms with van der Waals surface area (Å²) in [4.78, 5) is 21.7. The van der Waals surface area contributed by atoms with Crippen molar-refractivity contribution in [2.45, 2.75) is 26.9 Å². The van der Waals surface area contributed by atoms with Crippen molar-refractivity contribution in [3.63, 3.8) is 0 Å². The second-order valence-corrected chi connectivity index (χ2v) is 3.85. The van der Waals surface area contributed by atoms with Crippen molar-refractivity contribution in [3.8, 4) is 0 Å². The fourth-order valence-corrected chi connectivity index (χ4v) is 1.37. The maximum atomic E-state index is 11.1. The van der Waals surface area contributed by atoms with Crippen LogP contribution >= 0.6 is 11.8 Å².